The van der Waals surface area contributed by atoms with Crippen LogP contribution in [0.5, 0.6) is 0 Å². The van der Waals surface area contributed by atoms with E-state index in [4.69, 9.17) is 0 Å². The molecule has 0 aliphatic rings. The molecule has 0 atom stereocenters. The molecular weight excluding hydrogens is 362 g/mol. The zero-order valence-electron chi connectivity index (χ0n) is 16.0. The van der Waals surface area contributed by atoms with Crippen molar-refractivity contribution in [1.82, 2.24) is 15.2 Å². The highest BCUT2D eigenvalue weighted by atomic mass is 19.1. The van der Waals surface area contributed by atoms with Crippen LogP contribution in [0.2, 0.25) is 0 Å². The lowest BCUT2D eigenvalue weighted by Gasteiger charge is -2.22. The smallest absolute Gasteiger partial charge is 0.249 e. The Morgan fingerprint density at radius 1 is 1.00 bits per heavy atom. The second-order valence-corrected chi connectivity index (χ2v) is 6.18. The molecule has 28 heavy (non-hydrogen) atoms. The van der Waals surface area contributed by atoms with Crippen LogP contribution >= 0.6 is 0 Å². The zero-order chi connectivity index (χ0) is 20.1. The van der Waals surface area contributed by atoms with Crippen molar-refractivity contribution in [3.63, 3.8) is 0 Å². The Hall–Kier alpha value is -3.29. The van der Waals surface area contributed by atoms with Crippen LogP contribution in [0, 0.1) is 18.6 Å². The number of nitrogens with zero attached hydrogens (tertiary/aromatic N) is 4. The van der Waals surface area contributed by atoms with E-state index in [1.807, 2.05) is 19.1 Å². The van der Waals surface area contributed by atoms with Crippen LogP contribution in [0.1, 0.15) is 19.4 Å². The largest absolute Gasteiger partial charge is 0.372 e. The molecule has 0 saturated carbocycles. The van der Waals surface area contributed by atoms with Crippen molar-refractivity contribution >= 4 is 28.8 Å². The van der Waals surface area contributed by atoms with Gasteiger partial charge in [-0.1, -0.05) is 6.07 Å². The average Bonchev–Trinajstić information content (AvgIpc) is 2.68. The molecule has 0 amide bonds. The maximum atomic E-state index is 13.8. The van der Waals surface area contributed by atoms with Gasteiger partial charge in [-0.05, 0) is 56.7 Å². The number of benzene rings is 2. The van der Waals surface area contributed by atoms with Gasteiger partial charge >= 0.3 is 0 Å². The van der Waals surface area contributed by atoms with E-state index in [1.54, 1.807) is 0 Å². The van der Waals surface area contributed by atoms with E-state index in [-0.39, 0.29) is 11.6 Å². The van der Waals surface area contributed by atoms with Gasteiger partial charge in [0, 0.05) is 24.5 Å². The molecule has 8 heteroatoms. The summed E-state index contributed by atoms with van der Waals surface area (Å²) >= 11 is 0. The third kappa shape index (κ3) is 4.33. The van der Waals surface area contributed by atoms with Gasteiger partial charge in [0.25, 0.3) is 0 Å². The Balaban J connectivity index is 1.80. The van der Waals surface area contributed by atoms with Crippen molar-refractivity contribution in [2.45, 2.75) is 20.8 Å². The molecule has 0 aliphatic carbocycles. The molecule has 146 valence electrons. The number of halogens is 2. The normalized spacial score (nSPS) is 10.6. The van der Waals surface area contributed by atoms with Gasteiger partial charge in [-0.15, -0.1) is 5.10 Å². The molecule has 0 aliphatic heterocycles. The van der Waals surface area contributed by atoms with Gasteiger partial charge in [0.15, 0.2) is 5.82 Å². The summed E-state index contributed by atoms with van der Waals surface area (Å²) < 4.78 is 27.6. The van der Waals surface area contributed by atoms with Gasteiger partial charge in [0.1, 0.15) is 17.3 Å². The molecular formula is C20H22F2N6. The number of anilines is 5. The molecule has 2 aromatic carbocycles. The van der Waals surface area contributed by atoms with Gasteiger partial charge in [-0.2, -0.15) is 10.1 Å². The van der Waals surface area contributed by atoms with Crippen LogP contribution in [0.15, 0.2) is 42.6 Å². The van der Waals surface area contributed by atoms with E-state index < -0.39 is 11.6 Å². The number of rotatable bonds is 7. The SMILES string of the molecule is CCN(CC)c1ccc(Nc2cnnc(Nc3c(F)cccc3F)n2)c(C)c1. The number of para-hydroxylation sites is 1. The van der Waals surface area contributed by atoms with Crippen molar-refractivity contribution < 1.29 is 8.78 Å². The molecule has 6 nitrogen and oxygen atoms in total. The number of nitrogens with one attached hydrogen (secondary N) is 2. The predicted molar refractivity (Wildman–Crippen MR) is 107 cm³/mol. The fourth-order valence-electron chi connectivity index (χ4n) is 2.86. The van der Waals surface area contributed by atoms with Crippen LogP contribution in [0.4, 0.5) is 37.6 Å². The fraction of sp³-hybridized carbons (Fsp3) is 0.250. The number of hydrogen-bond acceptors (Lipinski definition) is 6. The number of hydrogen-bond donors (Lipinski definition) is 2. The standard InChI is InChI=1S/C20H22F2N6/c1-4-28(5-2)14-9-10-17(13(3)11-14)24-18-12-23-27-20(25-18)26-19-15(21)7-6-8-16(19)22/h6-12H,4-5H2,1-3H3,(H2,24,25,26,27). The van der Waals surface area contributed by atoms with Crippen LogP contribution in [-0.4, -0.2) is 28.3 Å². The zero-order valence-corrected chi connectivity index (χ0v) is 16.0. The Kier molecular flexibility index (Phi) is 5.98. The molecule has 1 aromatic heterocycles. The van der Waals surface area contributed by atoms with Crippen LogP contribution in [0.3, 0.4) is 0 Å². The molecule has 1 heterocycles. The monoisotopic (exact) mass is 384 g/mol. The lowest BCUT2D eigenvalue weighted by Crippen LogP contribution is -2.21. The van der Waals surface area contributed by atoms with Gasteiger partial charge in [-0.25, -0.2) is 8.78 Å². The molecule has 0 saturated heterocycles. The Morgan fingerprint density at radius 2 is 1.71 bits per heavy atom. The molecule has 0 radical (unpaired) electrons. The summed E-state index contributed by atoms with van der Waals surface area (Å²) in [5.74, 6) is -1.06. The lowest BCUT2D eigenvalue weighted by molar-refractivity contribution is 0.590. The van der Waals surface area contributed by atoms with E-state index in [0.29, 0.717) is 5.82 Å². The van der Waals surface area contributed by atoms with Gasteiger partial charge in [-0.3, -0.25) is 0 Å². The second-order valence-electron chi connectivity index (χ2n) is 6.18. The summed E-state index contributed by atoms with van der Waals surface area (Å²) in [5, 5.41) is 13.3. The molecule has 0 spiro atoms. The van der Waals surface area contributed by atoms with E-state index in [1.165, 1.54) is 12.3 Å². The van der Waals surface area contributed by atoms with E-state index >= 15 is 0 Å². The third-order valence-corrected chi connectivity index (χ3v) is 4.36. The average molecular weight is 384 g/mol. The van der Waals surface area contributed by atoms with Crippen molar-refractivity contribution in [1.29, 1.82) is 0 Å². The minimum Gasteiger partial charge on any atom is -0.372 e. The van der Waals surface area contributed by atoms with E-state index in [0.717, 1.165) is 42.2 Å². The van der Waals surface area contributed by atoms with E-state index in [9.17, 15) is 8.78 Å². The first kappa shape index (κ1) is 19.5. The van der Waals surface area contributed by atoms with Gasteiger partial charge in [0.05, 0.1) is 6.20 Å². The number of aromatic nitrogens is 3. The second kappa shape index (κ2) is 8.60. The fourth-order valence-corrected chi connectivity index (χ4v) is 2.86. The summed E-state index contributed by atoms with van der Waals surface area (Å²) in [6.07, 6.45) is 1.45. The Labute approximate surface area is 162 Å². The first-order valence-corrected chi connectivity index (χ1v) is 9.05. The minimum atomic E-state index is -0.732. The molecule has 2 N–H and O–H groups in total. The topological polar surface area (TPSA) is 66.0 Å². The summed E-state index contributed by atoms with van der Waals surface area (Å²) in [5.41, 5.74) is 2.73. The van der Waals surface area contributed by atoms with Crippen LogP contribution < -0.4 is 15.5 Å². The number of aryl methyl sites for hydroxylation is 1. The van der Waals surface area contributed by atoms with Crippen molar-refractivity contribution in [2.75, 3.05) is 28.6 Å². The first-order valence-electron chi connectivity index (χ1n) is 9.05. The maximum absolute atomic E-state index is 13.8. The highest BCUT2D eigenvalue weighted by molar-refractivity contribution is 5.65. The van der Waals surface area contributed by atoms with Crippen molar-refractivity contribution in [3.05, 3.63) is 59.8 Å². The van der Waals surface area contributed by atoms with Crippen molar-refractivity contribution in [2.24, 2.45) is 0 Å². The van der Waals surface area contributed by atoms with Crippen LogP contribution in [-0.2, 0) is 0 Å². The quantitative estimate of drug-likeness (QED) is 0.610. The molecule has 0 unspecified atom stereocenters. The Bertz CT molecular complexity index is 939. The summed E-state index contributed by atoms with van der Waals surface area (Å²) in [6.45, 7) is 8.09. The van der Waals surface area contributed by atoms with Gasteiger partial charge in [0.2, 0.25) is 5.95 Å². The highest BCUT2D eigenvalue weighted by Crippen LogP contribution is 2.26. The van der Waals surface area contributed by atoms with Crippen LogP contribution in [0.25, 0.3) is 0 Å². The molecule has 0 bridgehead atoms. The first-order chi connectivity index (χ1) is 13.5. The third-order valence-electron chi connectivity index (χ3n) is 4.36. The van der Waals surface area contributed by atoms with Gasteiger partial charge < -0.3 is 15.5 Å². The Morgan fingerprint density at radius 3 is 2.36 bits per heavy atom. The van der Waals surface area contributed by atoms with Crippen molar-refractivity contribution in [3.8, 4) is 0 Å². The predicted octanol–water partition coefficient (Wildman–Crippen LogP) is 4.79. The minimum absolute atomic E-state index is 0.00795. The molecule has 0 fully saturated rings. The highest BCUT2D eigenvalue weighted by Gasteiger charge is 2.11. The summed E-state index contributed by atoms with van der Waals surface area (Å²) in [6, 6.07) is 9.69. The summed E-state index contributed by atoms with van der Waals surface area (Å²) in [4.78, 5) is 6.49. The summed E-state index contributed by atoms with van der Waals surface area (Å²) in [7, 11) is 0. The molecule has 3 aromatic rings. The molecule has 3 rings (SSSR count). The lowest BCUT2D eigenvalue weighted by atomic mass is 10.1. The maximum Gasteiger partial charge on any atom is 0.249 e. The van der Waals surface area contributed by atoms with E-state index in [2.05, 4.69) is 50.6 Å².